The van der Waals surface area contributed by atoms with Gasteiger partial charge in [0, 0.05) is 18.5 Å². The highest BCUT2D eigenvalue weighted by atomic mass is 32.1. The van der Waals surface area contributed by atoms with Crippen LogP contribution in [0.1, 0.15) is 32.8 Å². The lowest BCUT2D eigenvalue weighted by molar-refractivity contribution is 0.0691. The second kappa shape index (κ2) is 7.99. The van der Waals surface area contributed by atoms with Crippen LogP contribution in [0.15, 0.2) is 59.2 Å². The van der Waals surface area contributed by atoms with Crippen LogP contribution >= 0.6 is 11.3 Å². The Bertz CT molecular complexity index is 1420. The van der Waals surface area contributed by atoms with Crippen molar-refractivity contribution in [2.75, 3.05) is 18.8 Å². The topological polar surface area (TPSA) is 101 Å². The SMILES string of the molecule is Cc1cccc(-c2sc(N)nc2C(=O)N2C[C@H]3C[C@H]3[C@H]2CNC(=O)c2cccc3occc23)c1. The Morgan fingerprint density at radius 1 is 1.24 bits per heavy atom. The van der Waals surface area contributed by atoms with E-state index in [2.05, 4.69) is 10.3 Å². The molecule has 1 saturated carbocycles. The third-order valence-corrected chi connectivity index (χ3v) is 7.84. The van der Waals surface area contributed by atoms with Crippen molar-refractivity contribution in [2.24, 2.45) is 11.8 Å². The number of nitrogens with two attached hydrogens (primary N) is 1. The van der Waals surface area contributed by atoms with Crippen LogP contribution in [-0.4, -0.2) is 40.8 Å². The van der Waals surface area contributed by atoms with Gasteiger partial charge in [-0.15, -0.1) is 0 Å². The molecular formula is C26H24N4O3S. The number of carbonyl (C=O) groups excluding carboxylic acids is 2. The normalized spacial score (nSPS) is 21.0. The first-order valence-corrected chi connectivity index (χ1v) is 12.2. The molecule has 0 spiro atoms. The number of furan rings is 1. The molecule has 0 radical (unpaired) electrons. The molecule has 4 aromatic rings. The molecule has 34 heavy (non-hydrogen) atoms. The zero-order valence-electron chi connectivity index (χ0n) is 18.7. The Morgan fingerprint density at radius 3 is 2.94 bits per heavy atom. The number of rotatable bonds is 5. The number of likely N-dealkylation sites (tertiary alicyclic amines) is 1. The average molecular weight is 473 g/mol. The van der Waals surface area contributed by atoms with Crippen molar-refractivity contribution in [2.45, 2.75) is 19.4 Å². The maximum Gasteiger partial charge on any atom is 0.274 e. The van der Waals surface area contributed by atoms with Crippen molar-refractivity contribution in [1.29, 1.82) is 0 Å². The minimum Gasteiger partial charge on any atom is -0.464 e. The van der Waals surface area contributed by atoms with E-state index in [1.165, 1.54) is 11.3 Å². The molecule has 3 atom stereocenters. The monoisotopic (exact) mass is 472 g/mol. The fraction of sp³-hybridized carbons (Fsp3) is 0.269. The number of fused-ring (bicyclic) bond motifs is 2. The zero-order chi connectivity index (χ0) is 23.4. The van der Waals surface area contributed by atoms with E-state index >= 15 is 0 Å². The van der Waals surface area contributed by atoms with Gasteiger partial charge in [0.2, 0.25) is 0 Å². The number of aromatic nitrogens is 1. The molecule has 7 nitrogen and oxygen atoms in total. The number of benzene rings is 2. The largest absolute Gasteiger partial charge is 0.464 e. The van der Waals surface area contributed by atoms with Crippen molar-refractivity contribution in [3.63, 3.8) is 0 Å². The summed E-state index contributed by atoms with van der Waals surface area (Å²) in [5.41, 5.74) is 9.74. The van der Waals surface area contributed by atoms with Crippen LogP contribution < -0.4 is 11.1 Å². The minimum atomic E-state index is -0.165. The first-order valence-electron chi connectivity index (χ1n) is 11.4. The van der Waals surface area contributed by atoms with E-state index in [4.69, 9.17) is 10.2 Å². The molecule has 2 fully saturated rings. The maximum atomic E-state index is 13.7. The van der Waals surface area contributed by atoms with Gasteiger partial charge in [0.25, 0.3) is 11.8 Å². The Morgan fingerprint density at radius 2 is 2.09 bits per heavy atom. The lowest BCUT2D eigenvalue weighted by atomic mass is 10.1. The van der Waals surface area contributed by atoms with E-state index < -0.39 is 0 Å². The highest BCUT2D eigenvalue weighted by Gasteiger charge is 2.54. The molecule has 2 aromatic heterocycles. The minimum absolute atomic E-state index is 0.0571. The molecule has 6 rings (SSSR count). The average Bonchev–Trinajstić information content (AvgIpc) is 3.16. The molecule has 8 heteroatoms. The number of nitrogens with zero attached hydrogens (tertiary/aromatic N) is 2. The molecule has 3 heterocycles. The Hall–Kier alpha value is -3.65. The van der Waals surface area contributed by atoms with E-state index in [0.29, 0.717) is 46.9 Å². The number of aryl methyl sites for hydroxylation is 1. The van der Waals surface area contributed by atoms with Gasteiger partial charge in [-0.2, -0.15) is 0 Å². The highest BCUT2D eigenvalue weighted by Crippen LogP contribution is 2.50. The summed E-state index contributed by atoms with van der Waals surface area (Å²) in [5.74, 6) is 0.614. The fourth-order valence-electron chi connectivity index (χ4n) is 5.15. The van der Waals surface area contributed by atoms with E-state index in [1.54, 1.807) is 18.4 Å². The summed E-state index contributed by atoms with van der Waals surface area (Å²) in [6.45, 7) is 3.11. The van der Waals surface area contributed by atoms with E-state index in [1.807, 2.05) is 48.2 Å². The van der Waals surface area contributed by atoms with Gasteiger partial charge in [-0.05, 0) is 48.9 Å². The van der Waals surface area contributed by atoms with Gasteiger partial charge >= 0.3 is 0 Å². The van der Waals surface area contributed by atoms with Crippen molar-refractivity contribution in [1.82, 2.24) is 15.2 Å². The summed E-state index contributed by atoms with van der Waals surface area (Å²) in [6.07, 6.45) is 2.67. The number of hydrogen-bond donors (Lipinski definition) is 2. The van der Waals surface area contributed by atoms with Gasteiger partial charge in [-0.25, -0.2) is 4.98 Å². The smallest absolute Gasteiger partial charge is 0.274 e. The van der Waals surface area contributed by atoms with Crippen LogP contribution in [-0.2, 0) is 0 Å². The molecule has 172 valence electrons. The molecule has 0 bridgehead atoms. The first-order chi connectivity index (χ1) is 16.5. The van der Waals surface area contributed by atoms with Crippen LogP contribution in [0.5, 0.6) is 0 Å². The van der Waals surface area contributed by atoms with Gasteiger partial charge in [-0.3, -0.25) is 9.59 Å². The Balaban J connectivity index is 1.23. The Labute approximate surface area is 200 Å². The highest BCUT2D eigenvalue weighted by molar-refractivity contribution is 7.19. The van der Waals surface area contributed by atoms with Crippen LogP contribution in [0.4, 0.5) is 5.13 Å². The van der Waals surface area contributed by atoms with Crippen molar-refractivity contribution < 1.29 is 14.0 Å². The number of thiazole rings is 1. The number of anilines is 1. The van der Waals surface area contributed by atoms with E-state index in [-0.39, 0.29) is 17.9 Å². The van der Waals surface area contributed by atoms with Crippen molar-refractivity contribution in [3.8, 4) is 10.4 Å². The maximum absolute atomic E-state index is 13.7. The molecule has 2 aliphatic rings. The van der Waals surface area contributed by atoms with Gasteiger partial charge in [0.15, 0.2) is 5.13 Å². The standard InChI is InChI=1S/C26H24N4O3S/c1-14-4-2-5-15(10-14)23-22(29-26(27)34-23)25(32)30-13-16-11-19(16)20(30)12-28-24(31)18-6-3-7-21-17(18)8-9-33-21/h2-10,16,19-20H,11-13H2,1H3,(H2,27,29)(H,28,31)/t16-,19-,20-/m1/s1. The number of piperidine rings is 1. The summed E-state index contributed by atoms with van der Waals surface area (Å²) >= 11 is 1.33. The molecule has 1 saturated heterocycles. The van der Waals surface area contributed by atoms with Gasteiger partial charge in [0.05, 0.1) is 22.7 Å². The van der Waals surface area contributed by atoms with Crippen LogP contribution in [0.25, 0.3) is 21.4 Å². The van der Waals surface area contributed by atoms with Crippen LogP contribution in [0.2, 0.25) is 0 Å². The zero-order valence-corrected chi connectivity index (χ0v) is 19.5. The predicted molar refractivity (Wildman–Crippen MR) is 132 cm³/mol. The molecule has 3 N–H and O–H groups in total. The number of nitrogens with one attached hydrogen (secondary N) is 1. The third kappa shape index (κ3) is 3.54. The summed E-state index contributed by atoms with van der Waals surface area (Å²) in [7, 11) is 0. The van der Waals surface area contributed by atoms with Crippen molar-refractivity contribution in [3.05, 3.63) is 71.6 Å². The number of hydrogen-bond acceptors (Lipinski definition) is 6. The lowest BCUT2D eigenvalue weighted by Crippen LogP contribution is -2.45. The number of carbonyl (C=O) groups is 2. The quantitative estimate of drug-likeness (QED) is 0.450. The van der Waals surface area contributed by atoms with Gasteiger partial charge in [-0.1, -0.05) is 47.2 Å². The molecule has 1 aliphatic carbocycles. The molecule has 2 amide bonds. The fourth-order valence-corrected chi connectivity index (χ4v) is 5.97. The lowest BCUT2D eigenvalue weighted by Gasteiger charge is -2.27. The second-order valence-electron chi connectivity index (χ2n) is 9.13. The second-order valence-corrected chi connectivity index (χ2v) is 10.2. The predicted octanol–water partition coefficient (Wildman–Crippen LogP) is 4.34. The summed E-state index contributed by atoms with van der Waals surface area (Å²) in [5, 5.41) is 4.22. The van der Waals surface area contributed by atoms with E-state index in [0.717, 1.165) is 27.8 Å². The van der Waals surface area contributed by atoms with Crippen molar-refractivity contribution >= 4 is 39.3 Å². The first kappa shape index (κ1) is 20.9. The van der Waals surface area contributed by atoms with E-state index in [9.17, 15) is 9.59 Å². The van der Waals surface area contributed by atoms with Gasteiger partial charge in [0.1, 0.15) is 11.3 Å². The summed E-state index contributed by atoms with van der Waals surface area (Å²) in [6, 6.07) is 15.2. The Kier molecular flexibility index (Phi) is 4.91. The number of amides is 2. The number of nitrogen functional groups attached to an aromatic ring is 1. The molecule has 2 aromatic carbocycles. The van der Waals surface area contributed by atoms with Crippen LogP contribution in [0.3, 0.4) is 0 Å². The summed E-state index contributed by atoms with van der Waals surface area (Å²) < 4.78 is 5.42. The third-order valence-electron chi connectivity index (χ3n) is 6.90. The summed E-state index contributed by atoms with van der Waals surface area (Å²) in [4.78, 5) is 33.7. The molecule has 0 unspecified atom stereocenters. The van der Waals surface area contributed by atoms with Crippen LogP contribution in [0, 0.1) is 18.8 Å². The molecule has 1 aliphatic heterocycles. The molecular weight excluding hydrogens is 448 g/mol. The van der Waals surface area contributed by atoms with Gasteiger partial charge < -0.3 is 20.4 Å².